The van der Waals surface area contributed by atoms with Gasteiger partial charge in [-0.1, -0.05) is 6.07 Å². The van der Waals surface area contributed by atoms with E-state index < -0.39 is 25.5 Å². The van der Waals surface area contributed by atoms with E-state index in [1.54, 1.807) is 0 Å². The maximum Gasteiger partial charge on any atom is 0.255 e. The SMILES string of the molecule is Cc1c(O)cccc1C(=O)N(CCO)CC(F)F. The molecule has 6 heteroatoms. The van der Waals surface area contributed by atoms with E-state index in [1.165, 1.54) is 25.1 Å². The van der Waals surface area contributed by atoms with Crippen molar-refractivity contribution in [3.8, 4) is 5.75 Å². The standard InChI is InChI=1S/C12H15F2NO3/c1-8-9(3-2-4-10(8)17)12(18)15(5-6-16)7-11(13)14/h2-4,11,16-17H,5-7H2,1H3. The number of rotatable bonds is 5. The number of alkyl halides is 2. The molecular formula is C12H15F2NO3. The van der Waals surface area contributed by atoms with Gasteiger partial charge in [-0.3, -0.25) is 4.79 Å². The maximum atomic E-state index is 12.3. The molecule has 100 valence electrons. The van der Waals surface area contributed by atoms with Crippen molar-refractivity contribution in [3.05, 3.63) is 29.3 Å². The second kappa shape index (κ2) is 6.30. The lowest BCUT2D eigenvalue weighted by atomic mass is 10.1. The number of amides is 1. The highest BCUT2D eigenvalue weighted by atomic mass is 19.3. The number of phenolic OH excluding ortho intramolecular Hbond substituents is 1. The molecule has 0 heterocycles. The molecular weight excluding hydrogens is 244 g/mol. The van der Waals surface area contributed by atoms with E-state index in [1.807, 2.05) is 0 Å². The van der Waals surface area contributed by atoms with Crippen LogP contribution in [0.5, 0.6) is 5.75 Å². The number of aromatic hydroxyl groups is 1. The average Bonchev–Trinajstić information content (AvgIpc) is 2.31. The Morgan fingerprint density at radius 2 is 2.11 bits per heavy atom. The minimum Gasteiger partial charge on any atom is -0.508 e. The maximum absolute atomic E-state index is 12.3. The lowest BCUT2D eigenvalue weighted by molar-refractivity contribution is 0.0508. The molecule has 0 atom stereocenters. The number of carbonyl (C=O) groups is 1. The van der Waals surface area contributed by atoms with E-state index in [-0.39, 0.29) is 17.9 Å². The summed E-state index contributed by atoms with van der Waals surface area (Å²) >= 11 is 0. The highest BCUT2D eigenvalue weighted by molar-refractivity contribution is 5.96. The van der Waals surface area contributed by atoms with E-state index >= 15 is 0 Å². The van der Waals surface area contributed by atoms with Gasteiger partial charge in [0.2, 0.25) is 0 Å². The average molecular weight is 259 g/mol. The molecule has 0 saturated heterocycles. The summed E-state index contributed by atoms with van der Waals surface area (Å²) in [4.78, 5) is 12.9. The molecule has 1 aromatic carbocycles. The first kappa shape index (κ1) is 14.4. The predicted octanol–water partition coefficient (Wildman–Crippen LogP) is 1.40. The molecule has 4 nitrogen and oxygen atoms in total. The second-order valence-corrected chi connectivity index (χ2v) is 3.82. The molecule has 0 aromatic heterocycles. The van der Waals surface area contributed by atoms with Crippen molar-refractivity contribution < 1.29 is 23.8 Å². The Balaban J connectivity index is 2.98. The smallest absolute Gasteiger partial charge is 0.255 e. The van der Waals surface area contributed by atoms with Crippen LogP contribution in [0.25, 0.3) is 0 Å². The summed E-state index contributed by atoms with van der Waals surface area (Å²) in [6, 6.07) is 4.33. The van der Waals surface area contributed by atoms with Crippen molar-refractivity contribution in [2.75, 3.05) is 19.7 Å². The molecule has 0 saturated carbocycles. The monoisotopic (exact) mass is 259 g/mol. The number of halogens is 2. The van der Waals surface area contributed by atoms with Crippen LogP contribution in [0.15, 0.2) is 18.2 Å². The largest absolute Gasteiger partial charge is 0.508 e. The summed E-state index contributed by atoms with van der Waals surface area (Å²) in [6.45, 7) is 0.227. The minimum atomic E-state index is -2.67. The highest BCUT2D eigenvalue weighted by Crippen LogP contribution is 2.21. The number of nitrogens with zero attached hydrogens (tertiary/aromatic N) is 1. The predicted molar refractivity (Wildman–Crippen MR) is 61.8 cm³/mol. The van der Waals surface area contributed by atoms with Gasteiger partial charge in [0.25, 0.3) is 12.3 Å². The Morgan fingerprint density at radius 1 is 1.44 bits per heavy atom. The molecule has 1 rings (SSSR count). The molecule has 0 fully saturated rings. The minimum absolute atomic E-state index is 0.0677. The van der Waals surface area contributed by atoms with Gasteiger partial charge in [0.05, 0.1) is 13.2 Å². The zero-order valence-electron chi connectivity index (χ0n) is 9.94. The number of aliphatic hydroxyl groups excluding tert-OH is 1. The summed E-state index contributed by atoms with van der Waals surface area (Å²) < 4.78 is 24.7. The van der Waals surface area contributed by atoms with Crippen LogP contribution in [-0.2, 0) is 0 Å². The van der Waals surface area contributed by atoms with Gasteiger partial charge in [0.1, 0.15) is 5.75 Å². The Kier molecular flexibility index (Phi) is 5.03. The summed E-state index contributed by atoms with van der Waals surface area (Å²) in [7, 11) is 0. The molecule has 18 heavy (non-hydrogen) atoms. The molecule has 2 N–H and O–H groups in total. The van der Waals surface area contributed by atoms with E-state index in [4.69, 9.17) is 5.11 Å². The number of phenols is 1. The summed E-state index contributed by atoms with van der Waals surface area (Å²) in [5.41, 5.74) is 0.490. The Bertz CT molecular complexity index is 424. The van der Waals surface area contributed by atoms with Gasteiger partial charge in [-0.05, 0) is 19.1 Å². The molecule has 1 aromatic rings. The van der Waals surface area contributed by atoms with Crippen LogP contribution in [0.2, 0.25) is 0 Å². The van der Waals surface area contributed by atoms with Crippen LogP contribution in [0, 0.1) is 6.92 Å². The summed E-state index contributed by atoms with van der Waals surface area (Å²) in [5, 5.41) is 18.3. The van der Waals surface area contributed by atoms with Gasteiger partial charge in [-0.25, -0.2) is 8.78 Å². The molecule has 0 spiro atoms. The van der Waals surface area contributed by atoms with Gasteiger partial charge >= 0.3 is 0 Å². The third-order valence-electron chi connectivity index (χ3n) is 2.55. The number of carbonyl (C=O) groups excluding carboxylic acids is 1. The normalized spacial score (nSPS) is 10.7. The third-order valence-corrected chi connectivity index (χ3v) is 2.55. The van der Waals surface area contributed by atoms with Gasteiger partial charge < -0.3 is 15.1 Å². The fourth-order valence-electron chi connectivity index (χ4n) is 1.59. The number of benzene rings is 1. The molecule has 1 amide bonds. The first-order chi connectivity index (χ1) is 8.47. The van der Waals surface area contributed by atoms with Crippen LogP contribution in [0.1, 0.15) is 15.9 Å². The Labute approximate surface area is 103 Å². The third kappa shape index (κ3) is 3.40. The summed E-state index contributed by atoms with van der Waals surface area (Å²) in [5.74, 6) is -0.695. The van der Waals surface area contributed by atoms with E-state index in [0.717, 1.165) is 4.90 Å². The van der Waals surface area contributed by atoms with Crippen LogP contribution in [0.3, 0.4) is 0 Å². The van der Waals surface area contributed by atoms with Crippen molar-refractivity contribution in [2.45, 2.75) is 13.3 Å². The first-order valence-corrected chi connectivity index (χ1v) is 5.44. The quantitative estimate of drug-likeness (QED) is 0.840. The second-order valence-electron chi connectivity index (χ2n) is 3.82. The van der Waals surface area contributed by atoms with E-state index in [0.29, 0.717) is 5.56 Å². The lowest BCUT2D eigenvalue weighted by Gasteiger charge is -2.22. The first-order valence-electron chi connectivity index (χ1n) is 5.44. The van der Waals surface area contributed by atoms with Crippen molar-refractivity contribution in [3.63, 3.8) is 0 Å². The molecule has 0 aliphatic heterocycles. The topological polar surface area (TPSA) is 60.8 Å². The molecule has 0 radical (unpaired) electrons. The lowest BCUT2D eigenvalue weighted by Crippen LogP contribution is -2.37. The number of hydrogen-bond donors (Lipinski definition) is 2. The van der Waals surface area contributed by atoms with Gasteiger partial charge in [-0.2, -0.15) is 0 Å². The van der Waals surface area contributed by atoms with Crippen LogP contribution in [-0.4, -0.2) is 47.1 Å². The van der Waals surface area contributed by atoms with Crippen LogP contribution < -0.4 is 0 Å². The molecule has 0 bridgehead atoms. The van der Waals surface area contributed by atoms with Crippen LogP contribution >= 0.6 is 0 Å². The van der Waals surface area contributed by atoms with Gasteiger partial charge in [-0.15, -0.1) is 0 Å². The van der Waals surface area contributed by atoms with Crippen molar-refractivity contribution in [1.82, 2.24) is 4.90 Å². The number of aliphatic hydroxyl groups is 1. The summed E-state index contributed by atoms with van der Waals surface area (Å²) in [6.07, 6.45) is -2.67. The number of hydrogen-bond acceptors (Lipinski definition) is 3. The van der Waals surface area contributed by atoms with E-state index in [9.17, 15) is 18.7 Å². The van der Waals surface area contributed by atoms with E-state index in [2.05, 4.69) is 0 Å². The van der Waals surface area contributed by atoms with Gasteiger partial charge in [0.15, 0.2) is 0 Å². The molecule has 0 aliphatic rings. The molecule has 0 aliphatic carbocycles. The van der Waals surface area contributed by atoms with Crippen molar-refractivity contribution in [2.24, 2.45) is 0 Å². The Morgan fingerprint density at radius 3 is 2.67 bits per heavy atom. The zero-order valence-corrected chi connectivity index (χ0v) is 9.94. The van der Waals surface area contributed by atoms with Crippen molar-refractivity contribution >= 4 is 5.91 Å². The van der Waals surface area contributed by atoms with Crippen LogP contribution in [0.4, 0.5) is 8.78 Å². The zero-order chi connectivity index (χ0) is 13.7. The fraction of sp³-hybridized carbons (Fsp3) is 0.417. The van der Waals surface area contributed by atoms with Crippen molar-refractivity contribution in [1.29, 1.82) is 0 Å². The Hall–Kier alpha value is -1.69. The highest BCUT2D eigenvalue weighted by Gasteiger charge is 2.21. The molecule has 0 unspecified atom stereocenters. The van der Waals surface area contributed by atoms with Gasteiger partial charge in [0, 0.05) is 17.7 Å². The fourth-order valence-corrected chi connectivity index (χ4v) is 1.59.